The van der Waals surface area contributed by atoms with E-state index in [0.717, 1.165) is 11.1 Å². The number of aryl methyl sites for hydroxylation is 1. The van der Waals surface area contributed by atoms with Crippen molar-refractivity contribution in [2.24, 2.45) is 0 Å². The minimum Gasteiger partial charge on any atom is -0.436 e. The van der Waals surface area contributed by atoms with Crippen LogP contribution in [-0.4, -0.2) is 10.9 Å². The quantitative estimate of drug-likeness (QED) is 0.508. The highest BCUT2D eigenvalue weighted by atomic mass is 35.5. The maximum absolute atomic E-state index is 12.4. The van der Waals surface area contributed by atoms with E-state index < -0.39 is 0 Å². The summed E-state index contributed by atoms with van der Waals surface area (Å²) in [6.45, 7) is 1.98. The van der Waals surface area contributed by atoms with Gasteiger partial charge in [-0.05, 0) is 55.5 Å². The standard InChI is InChI=1S/C21H15ClN2O2/c1-13-5-7-14(8-6-13)20(25)23-17-4-2-3-15(11-17)21-24-18-12-16(22)9-10-19(18)26-21/h2-12H,1H3,(H,23,25). The van der Waals surface area contributed by atoms with Gasteiger partial charge in [0, 0.05) is 21.8 Å². The number of hydrogen-bond acceptors (Lipinski definition) is 3. The predicted octanol–water partition coefficient (Wildman–Crippen LogP) is 5.71. The summed E-state index contributed by atoms with van der Waals surface area (Å²) in [4.78, 5) is 16.9. The topological polar surface area (TPSA) is 55.1 Å². The largest absolute Gasteiger partial charge is 0.436 e. The molecule has 0 aliphatic carbocycles. The summed E-state index contributed by atoms with van der Waals surface area (Å²) in [5.41, 5.74) is 4.53. The molecule has 1 heterocycles. The molecule has 0 unspecified atom stereocenters. The molecule has 0 saturated heterocycles. The van der Waals surface area contributed by atoms with Crippen LogP contribution in [0.5, 0.6) is 0 Å². The van der Waals surface area contributed by atoms with Crippen LogP contribution >= 0.6 is 11.6 Å². The van der Waals surface area contributed by atoms with Crippen molar-refractivity contribution in [1.29, 1.82) is 0 Å². The van der Waals surface area contributed by atoms with Crippen LogP contribution in [0, 0.1) is 6.92 Å². The van der Waals surface area contributed by atoms with E-state index in [-0.39, 0.29) is 5.91 Å². The third-order valence-electron chi connectivity index (χ3n) is 4.03. The average Bonchev–Trinajstić information content (AvgIpc) is 3.05. The first kappa shape index (κ1) is 16.4. The smallest absolute Gasteiger partial charge is 0.255 e. The molecule has 0 atom stereocenters. The molecular weight excluding hydrogens is 348 g/mol. The highest BCUT2D eigenvalue weighted by Crippen LogP contribution is 2.27. The Kier molecular flexibility index (Phi) is 4.19. The molecule has 1 amide bonds. The van der Waals surface area contributed by atoms with E-state index in [0.29, 0.717) is 33.3 Å². The van der Waals surface area contributed by atoms with Crippen LogP contribution in [0.3, 0.4) is 0 Å². The van der Waals surface area contributed by atoms with Crippen molar-refractivity contribution in [3.05, 3.63) is 82.9 Å². The summed E-state index contributed by atoms with van der Waals surface area (Å²) in [7, 11) is 0. The van der Waals surface area contributed by atoms with Crippen molar-refractivity contribution in [3.8, 4) is 11.5 Å². The van der Waals surface area contributed by atoms with Gasteiger partial charge in [-0.15, -0.1) is 0 Å². The van der Waals surface area contributed by atoms with Crippen LogP contribution in [0.2, 0.25) is 5.02 Å². The number of oxazole rings is 1. The van der Waals surface area contributed by atoms with Gasteiger partial charge in [0.25, 0.3) is 5.91 Å². The van der Waals surface area contributed by atoms with Gasteiger partial charge in [-0.2, -0.15) is 0 Å². The molecule has 4 rings (SSSR count). The zero-order chi connectivity index (χ0) is 18.1. The molecular formula is C21H15ClN2O2. The summed E-state index contributed by atoms with van der Waals surface area (Å²) in [6, 6.07) is 20.1. The minimum absolute atomic E-state index is 0.161. The van der Waals surface area contributed by atoms with Crippen LogP contribution in [0.1, 0.15) is 15.9 Å². The highest BCUT2D eigenvalue weighted by Gasteiger charge is 2.11. The number of benzene rings is 3. The number of anilines is 1. The molecule has 0 bridgehead atoms. The first-order valence-corrected chi connectivity index (χ1v) is 8.51. The second-order valence-corrected chi connectivity index (χ2v) is 6.47. The van der Waals surface area contributed by atoms with E-state index in [1.165, 1.54) is 0 Å². The fourth-order valence-electron chi connectivity index (χ4n) is 2.66. The summed E-state index contributed by atoms with van der Waals surface area (Å²) in [5.74, 6) is 0.320. The molecule has 26 heavy (non-hydrogen) atoms. The van der Waals surface area contributed by atoms with Gasteiger partial charge in [-0.25, -0.2) is 4.98 Å². The van der Waals surface area contributed by atoms with Crippen LogP contribution in [0.25, 0.3) is 22.6 Å². The average molecular weight is 363 g/mol. The summed E-state index contributed by atoms with van der Waals surface area (Å²) in [6.07, 6.45) is 0. The Balaban J connectivity index is 1.61. The second kappa shape index (κ2) is 6.65. The van der Waals surface area contributed by atoms with Gasteiger partial charge in [-0.3, -0.25) is 4.79 Å². The number of rotatable bonds is 3. The number of halogens is 1. The summed E-state index contributed by atoms with van der Waals surface area (Å²) >= 11 is 6.00. The van der Waals surface area contributed by atoms with Gasteiger partial charge in [0.1, 0.15) is 5.52 Å². The maximum Gasteiger partial charge on any atom is 0.255 e. The number of carbonyl (C=O) groups excluding carboxylic acids is 1. The lowest BCUT2D eigenvalue weighted by Gasteiger charge is -2.06. The number of aromatic nitrogens is 1. The lowest BCUT2D eigenvalue weighted by molar-refractivity contribution is 0.102. The number of amides is 1. The first-order valence-electron chi connectivity index (χ1n) is 8.13. The molecule has 5 heteroatoms. The lowest BCUT2D eigenvalue weighted by Crippen LogP contribution is -2.11. The molecule has 4 aromatic rings. The SMILES string of the molecule is Cc1ccc(C(=O)Nc2cccc(-c3nc4cc(Cl)ccc4o3)c2)cc1. The predicted molar refractivity (Wildman–Crippen MR) is 104 cm³/mol. The molecule has 1 N–H and O–H groups in total. The normalized spacial score (nSPS) is 10.8. The van der Waals surface area contributed by atoms with E-state index in [4.69, 9.17) is 16.0 Å². The maximum atomic E-state index is 12.4. The third-order valence-corrected chi connectivity index (χ3v) is 4.27. The molecule has 3 aromatic carbocycles. The zero-order valence-electron chi connectivity index (χ0n) is 14.0. The molecule has 1 aromatic heterocycles. The first-order chi connectivity index (χ1) is 12.6. The molecule has 0 aliphatic rings. The lowest BCUT2D eigenvalue weighted by atomic mass is 10.1. The van der Waals surface area contributed by atoms with Gasteiger partial charge in [0.2, 0.25) is 5.89 Å². The van der Waals surface area contributed by atoms with Crippen molar-refractivity contribution in [1.82, 2.24) is 4.98 Å². The summed E-state index contributed by atoms with van der Waals surface area (Å²) < 4.78 is 5.78. The Morgan fingerprint density at radius 1 is 1.04 bits per heavy atom. The fourth-order valence-corrected chi connectivity index (χ4v) is 2.83. The van der Waals surface area contributed by atoms with E-state index in [1.807, 2.05) is 43.3 Å². The zero-order valence-corrected chi connectivity index (χ0v) is 14.7. The Morgan fingerprint density at radius 2 is 1.85 bits per heavy atom. The fraction of sp³-hybridized carbons (Fsp3) is 0.0476. The molecule has 128 valence electrons. The molecule has 0 fully saturated rings. The van der Waals surface area contributed by atoms with Crippen LogP contribution < -0.4 is 5.32 Å². The molecule has 0 spiro atoms. The third kappa shape index (κ3) is 3.32. The van der Waals surface area contributed by atoms with Crippen molar-refractivity contribution >= 4 is 34.3 Å². The van der Waals surface area contributed by atoms with Crippen LogP contribution in [-0.2, 0) is 0 Å². The Bertz CT molecular complexity index is 1100. The van der Waals surface area contributed by atoms with Gasteiger partial charge in [-0.1, -0.05) is 35.4 Å². The number of hydrogen-bond donors (Lipinski definition) is 1. The minimum atomic E-state index is -0.161. The van der Waals surface area contributed by atoms with Crippen molar-refractivity contribution in [2.45, 2.75) is 6.92 Å². The number of fused-ring (bicyclic) bond motifs is 1. The van der Waals surface area contributed by atoms with Gasteiger partial charge in [0.05, 0.1) is 0 Å². The van der Waals surface area contributed by atoms with Crippen molar-refractivity contribution in [2.75, 3.05) is 5.32 Å². The number of nitrogens with zero attached hydrogens (tertiary/aromatic N) is 1. The van der Waals surface area contributed by atoms with E-state index >= 15 is 0 Å². The number of nitrogens with one attached hydrogen (secondary N) is 1. The van der Waals surface area contributed by atoms with E-state index in [2.05, 4.69) is 10.3 Å². The van der Waals surface area contributed by atoms with E-state index in [9.17, 15) is 4.79 Å². The second-order valence-electron chi connectivity index (χ2n) is 6.03. The van der Waals surface area contributed by atoms with Gasteiger partial charge < -0.3 is 9.73 Å². The molecule has 0 radical (unpaired) electrons. The van der Waals surface area contributed by atoms with E-state index in [1.54, 1.807) is 30.3 Å². The molecule has 0 aliphatic heterocycles. The Hall–Kier alpha value is -3.11. The Morgan fingerprint density at radius 3 is 2.65 bits per heavy atom. The summed E-state index contributed by atoms with van der Waals surface area (Å²) in [5, 5.41) is 3.51. The molecule has 0 saturated carbocycles. The highest BCUT2D eigenvalue weighted by molar-refractivity contribution is 6.31. The van der Waals surface area contributed by atoms with Crippen molar-refractivity contribution in [3.63, 3.8) is 0 Å². The van der Waals surface area contributed by atoms with Gasteiger partial charge >= 0.3 is 0 Å². The monoisotopic (exact) mass is 362 g/mol. The van der Waals surface area contributed by atoms with Crippen molar-refractivity contribution < 1.29 is 9.21 Å². The van der Waals surface area contributed by atoms with Gasteiger partial charge in [0.15, 0.2) is 5.58 Å². The van der Waals surface area contributed by atoms with Crippen LogP contribution in [0.15, 0.2) is 71.1 Å². The molecule has 4 nitrogen and oxygen atoms in total. The Labute approximate surface area is 155 Å². The van der Waals surface area contributed by atoms with Crippen LogP contribution in [0.4, 0.5) is 5.69 Å². The number of carbonyl (C=O) groups is 1.